The smallest absolute Gasteiger partial charge is 0.280 e. The van der Waals surface area contributed by atoms with Crippen molar-refractivity contribution in [3.05, 3.63) is 74.8 Å². The standard InChI is InChI=1S/C23H19ClF2N4O6/c1-12-27-22(36-10-13-2-3-14(25)6-16(13)26)21(24)23(35)30(12)15-4-5-17-18(7-15)29(20(34)9-32)11-28(17)19(33)8-31/h2-7,31-32H,8-11H2,1H3. The second kappa shape index (κ2) is 10.0. The summed E-state index contributed by atoms with van der Waals surface area (Å²) in [4.78, 5) is 44.0. The third-order valence-electron chi connectivity index (χ3n) is 5.50. The summed E-state index contributed by atoms with van der Waals surface area (Å²) in [5.41, 5.74) is 0.0784. The maximum absolute atomic E-state index is 13.9. The van der Waals surface area contributed by atoms with Crippen LogP contribution in [0.5, 0.6) is 5.88 Å². The van der Waals surface area contributed by atoms with Crippen LogP contribution in [-0.4, -0.2) is 51.5 Å². The molecule has 2 amide bonds. The molecule has 10 nitrogen and oxygen atoms in total. The van der Waals surface area contributed by atoms with Gasteiger partial charge in [0.05, 0.1) is 17.1 Å². The minimum Gasteiger partial charge on any atom is -0.471 e. The van der Waals surface area contributed by atoms with Crippen LogP contribution in [0.3, 0.4) is 0 Å². The van der Waals surface area contributed by atoms with Gasteiger partial charge in [0, 0.05) is 11.6 Å². The molecule has 0 spiro atoms. The summed E-state index contributed by atoms with van der Waals surface area (Å²) in [5.74, 6) is -3.04. The summed E-state index contributed by atoms with van der Waals surface area (Å²) < 4.78 is 33.6. The van der Waals surface area contributed by atoms with Gasteiger partial charge in [-0.2, -0.15) is 4.98 Å². The Balaban J connectivity index is 1.71. The van der Waals surface area contributed by atoms with E-state index >= 15 is 0 Å². The highest BCUT2D eigenvalue weighted by Crippen LogP contribution is 2.38. The van der Waals surface area contributed by atoms with E-state index in [4.69, 9.17) is 16.3 Å². The van der Waals surface area contributed by atoms with Crippen molar-refractivity contribution >= 4 is 34.8 Å². The van der Waals surface area contributed by atoms with Crippen LogP contribution in [0, 0.1) is 18.6 Å². The number of amides is 2. The molecule has 0 saturated carbocycles. The maximum atomic E-state index is 13.9. The average molecular weight is 521 g/mol. The number of anilines is 2. The quantitative estimate of drug-likeness (QED) is 0.506. The fourth-order valence-corrected chi connectivity index (χ4v) is 3.93. The van der Waals surface area contributed by atoms with Gasteiger partial charge in [0.1, 0.15) is 43.9 Å². The lowest BCUT2D eigenvalue weighted by atomic mass is 10.2. The zero-order chi connectivity index (χ0) is 26.1. The summed E-state index contributed by atoms with van der Waals surface area (Å²) in [6, 6.07) is 7.36. The van der Waals surface area contributed by atoms with E-state index in [2.05, 4.69) is 4.98 Å². The number of aromatic nitrogens is 2. The molecule has 0 saturated heterocycles. The number of carbonyl (C=O) groups is 2. The van der Waals surface area contributed by atoms with Crippen molar-refractivity contribution in [3.63, 3.8) is 0 Å². The monoisotopic (exact) mass is 520 g/mol. The van der Waals surface area contributed by atoms with Gasteiger partial charge in [-0.3, -0.25) is 28.8 Å². The van der Waals surface area contributed by atoms with Crippen LogP contribution in [0.1, 0.15) is 11.4 Å². The number of ether oxygens (including phenoxy) is 1. The highest BCUT2D eigenvalue weighted by Gasteiger charge is 2.33. The van der Waals surface area contributed by atoms with Gasteiger partial charge in [0.2, 0.25) is 5.88 Å². The third-order valence-corrected chi connectivity index (χ3v) is 5.82. The molecule has 13 heteroatoms. The van der Waals surface area contributed by atoms with Gasteiger partial charge >= 0.3 is 0 Å². The Bertz CT molecular complexity index is 1430. The molecule has 4 rings (SSSR count). The van der Waals surface area contributed by atoms with E-state index in [0.717, 1.165) is 15.5 Å². The second-order valence-corrected chi connectivity index (χ2v) is 8.10. The van der Waals surface area contributed by atoms with Crippen molar-refractivity contribution in [2.75, 3.05) is 29.7 Å². The number of benzene rings is 2. The first-order chi connectivity index (χ1) is 17.2. The van der Waals surface area contributed by atoms with E-state index in [1.165, 1.54) is 36.1 Å². The normalized spacial score (nSPS) is 12.6. The molecule has 3 aromatic rings. The lowest BCUT2D eigenvalue weighted by Gasteiger charge is -2.17. The van der Waals surface area contributed by atoms with Crippen LogP contribution >= 0.6 is 11.6 Å². The molecule has 0 radical (unpaired) electrons. The summed E-state index contributed by atoms with van der Waals surface area (Å²) in [6.45, 7) is -0.694. The molecule has 1 aliphatic rings. The molecular weight excluding hydrogens is 502 g/mol. The minimum absolute atomic E-state index is 0.0327. The highest BCUT2D eigenvalue weighted by atomic mass is 35.5. The first kappa shape index (κ1) is 25.2. The minimum atomic E-state index is -0.829. The molecule has 36 heavy (non-hydrogen) atoms. The fraction of sp³-hybridized carbons (Fsp3) is 0.217. The molecule has 1 aliphatic heterocycles. The van der Waals surface area contributed by atoms with Crippen molar-refractivity contribution in [1.29, 1.82) is 0 Å². The van der Waals surface area contributed by atoms with E-state index in [1.807, 2.05) is 0 Å². The van der Waals surface area contributed by atoms with Gasteiger partial charge in [-0.05, 0) is 37.3 Å². The van der Waals surface area contributed by atoms with E-state index in [9.17, 15) is 33.4 Å². The lowest BCUT2D eigenvalue weighted by molar-refractivity contribution is -0.121. The molecule has 0 fully saturated rings. The first-order valence-electron chi connectivity index (χ1n) is 10.5. The number of carbonyl (C=O) groups excluding carboxylic acids is 2. The molecule has 0 aliphatic carbocycles. The molecular formula is C23H19ClF2N4O6. The Kier molecular flexibility index (Phi) is 7.02. The van der Waals surface area contributed by atoms with Gasteiger partial charge in [-0.1, -0.05) is 11.6 Å². The number of aliphatic hydroxyl groups excluding tert-OH is 2. The molecule has 1 aromatic heterocycles. The zero-order valence-corrected chi connectivity index (χ0v) is 19.5. The van der Waals surface area contributed by atoms with Crippen molar-refractivity contribution in [3.8, 4) is 11.6 Å². The van der Waals surface area contributed by atoms with Crippen LogP contribution in [0.2, 0.25) is 5.02 Å². The van der Waals surface area contributed by atoms with E-state index in [1.54, 1.807) is 0 Å². The summed E-state index contributed by atoms with van der Waals surface area (Å²) in [5, 5.41) is 18.2. The number of nitrogens with zero attached hydrogens (tertiary/aromatic N) is 4. The van der Waals surface area contributed by atoms with Crippen LogP contribution < -0.4 is 20.1 Å². The van der Waals surface area contributed by atoms with E-state index < -0.39 is 47.2 Å². The molecule has 2 heterocycles. The lowest BCUT2D eigenvalue weighted by Crippen LogP contribution is -2.40. The topological polar surface area (TPSA) is 125 Å². The van der Waals surface area contributed by atoms with Crippen LogP contribution in [0.15, 0.2) is 41.2 Å². The number of aryl methyl sites for hydroxylation is 1. The molecule has 0 atom stereocenters. The maximum Gasteiger partial charge on any atom is 0.280 e. The number of hydrogen-bond donors (Lipinski definition) is 2. The summed E-state index contributed by atoms with van der Waals surface area (Å²) in [7, 11) is 0. The van der Waals surface area contributed by atoms with Gasteiger partial charge in [-0.25, -0.2) is 8.78 Å². The summed E-state index contributed by atoms with van der Waals surface area (Å²) >= 11 is 6.20. The molecule has 2 aromatic carbocycles. The Hall–Kier alpha value is -3.87. The van der Waals surface area contributed by atoms with E-state index in [-0.39, 0.29) is 41.9 Å². The Morgan fingerprint density at radius 3 is 2.36 bits per heavy atom. The number of hydrogen-bond acceptors (Lipinski definition) is 7. The SMILES string of the molecule is Cc1nc(OCc2ccc(F)cc2F)c(Cl)c(=O)n1-c1ccc2c(c1)N(C(=O)CO)CN2C(=O)CO. The molecule has 2 N–H and O–H groups in total. The van der Waals surface area contributed by atoms with Gasteiger partial charge in [-0.15, -0.1) is 0 Å². The number of fused-ring (bicyclic) bond motifs is 1. The van der Waals surface area contributed by atoms with Crippen LogP contribution in [0.25, 0.3) is 5.69 Å². The van der Waals surface area contributed by atoms with Gasteiger partial charge in [0.25, 0.3) is 17.4 Å². The van der Waals surface area contributed by atoms with Gasteiger partial charge < -0.3 is 14.9 Å². The average Bonchev–Trinajstić information content (AvgIpc) is 3.24. The molecule has 0 bridgehead atoms. The van der Waals surface area contributed by atoms with Crippen molar-refractivity contribution in [2.45, 2.75) is 13.5 Å². The van der Waals surface area contributed by atoms with Crippen LogP contribution in [-0.2, 0) is 16.2 Å². The Labute approximate surface area is 207 Å². The molecule has 0 unspecified atom stereocenters. The molecule has 188 valence electrons. The first-order valence-corrected chi connectivity index (χ1v) is 10.9. The predicted molar refractivity (Wildman–Crippen MR) is 124 cm³/mol. The predicted octanol–water partition coefficient (Wildman–Crippen LogP) is 1.67. The van der Waals surface area contributed by atoms with E-state index in [0.29, 0.717) is 11.8 Å². The van der Waals surface area contributed by atoms with Crippen molar-refractivity contribution < 1.29 is 33.3 Å². The second-order valence-electron chi connectivity index (χ2n) is 7.72. The van der Waals surface area contributed by atoms with Crippen LogP contribution in [0.4, 0.5) is 20.2 Å². The number of rotatable bonds is 6. The number of halogens is 3. The van der Waals surface area contributed by atoms with Crippen molar-refractivity contribution in [1.82, 2.24) is 9.55 Å². The Morgan fingerprint density at radius 1 is 1.06 bits per heavy atom. The largest absolute Gasteiger partial charge is 0.471 e. The highest BCUT2D eigenvalue weighted by molar-refractivity contribution is 6.31. The zero-order valence-electron chi connectivity index (χ0n) is 18.7. The third kappa shape index (κ3) is 4.53. The summed E-state index contributed by atoms with van der Waals surface area (Å²) in [6.07, 6.45) is 0. The van der Waals surface area contributed by atoms with Gasteiger partial charge in [0.15, 0.2) is 5.02 Å². The van der Waals surface area contributed by atoms with Crippen molar-refractivity contribution in [2.24, 2.45) is 0 Å². The number of aliphatic hydroxyl groups is 2. The Morgan fingerprint density at radius 2 is 1.72 bits per heavy atom. The fourth-order valence-electron chi connectivity index (χ4n) is 3.75.